The molecular formula is C19H24ClN3O4S2. The maximum Gasteiger partial charge on any atom is 0.257 e. The predicted octanol–water partition coefficient (Wildman–Crippen LogP) is 3.72. The molecule has 2 atom stereocenters. The van der Waals surface area contributed by atoms with Crippen LogP contribution in [-0.4, -0.2) is 48.9 Å². The van der Waals surface area contributed by atoms with E-state index in [-0.39, 0.29) is 40.8 Å². The third-order valence-corrected chi connectivity index (χ3v) is 7.89. The zero-order valence-electron chi connectivity index (χ0n) is 16.7. The van der Waals surface area contributed by atoms with Crippen molar-refractivity contribution < 1.29 is 17.9 Å². The molecular weight excluding hydrogens is 434 g/mol. The number of morpholine rings is 1. The molecule has 2 unspecified atom stereocenters. The van der Waals surface area contributed by atoms with Gasteiger partial charge in [-0.25, -0.2) is 13.4 Å². The quantitative estimate of drug-likeness (QED) is 0.739. The number of hydrogen-bond acceptors (Lipinski definition) is 6. The van der Waals surface area contributed by atoms with Crippen LogP contribution in [0.1, 0.15) is 41.7 Å². The monoisotopic (exact) mass is 457 g/mol. The summed E-state index contributed by atoms with van der Waals surface area (Å²) in [5, 5.41) is 3.30. The number of anilines is 1. The van der Waals surface area contributed by atoms with Crippen LogP contribution in [0.15, 0.2) is 23.1 Å². The summed E-state index contributed by atoms with van der Waals surface area (Å²) in [6.45, 7) is 8.06. The highest BCUT2D eigenvalue weighted by atomic mass is 35.5. The first kappa shape index (κ1) is 22.2. The molecule has 1 aliphatic heterocycles. The van der Waals surface area contributed by atoms with Gasteiger partial charge in [-0.05, 0) is 45.4 Å². The fraction of sp³-hybridized carbons (Fsp3) is 0.474. The van der Waals surface area contributed by atoms with Gasteiger partial charge in [0, 0.05) is 23.5 Å². The predicted molar refractivity (Wildman–Crippen MR) is 114 cm³/mol. The maximum absolute atomic E-state index is 13.2. The fourth-order valence-electron chi connectivity index (χ4n) is 3.29. The molecule has 1 fully saturated rings. The smallest absolute Gasteiger partial charge is 0.257 e. The van der Waals surface area contributed by atoms with Crippen LogP contribution >= 0.6 is 22.9 Å². The van der Waals surface area contributed by atoms with Crippen molar-refractivity contribution in [1.82, 2.24) is 9.29 Å². The number of rotatable bonds is 5. The van der Waals surface area contributed by atoms with Crippen molar-refractivity contribution >= 4 is 44.0 Å². The zero-order valence-corrected chi connectivity index (χ0v) is 19.1. The van der Waals surface area contributed by atoms with Crippen molar-refractivity contribution in [3.63, 3.8) is 0 Å². The second-order valence-corrected chi connectivity index (χ2v) is 10.6. The van der Waals surface area contributed by atoms with Crippen LogP contribution in [0, 0.1) is 6.92 Å². The van der Waals surface area contributed by atoms with Crippen LogP contribution in [0.4, 0.5) is 5.13 Å². The minimum absolute atomic E-state index is 0.0757. The van der Waals surface area contributed by atoms with Crippen LogP contribution < -0.4 is 5.32 Å². The summed E-state index contributed by atoms with van der Waals surface area (Å²) >= 11 is 7.59. The van der Waals surface area contributed by atoms with Gasteiger partial charge in [-0.15, -0.1) is 11.3 Å². The Morgan fingerprint density at radius 1 is 1.34 bits per heavy atom. The van der Waals surface area contributed by atoms with Gasteiger partial charge in [0.15, 0.2) is 5.13 Å². The van der Waals surface area contributed by atoms with E-state index in [1.54, 1.807) is 0 Å². The number of hydrogen-bond donors (Lipinski definition) is 1. The SMILES string of the molecule is CCc1nc(NC(=O)c2ccc(Cl)c(S(=O)(=O)N3CC(C)OC(C)C3)c2)sc1C. The van der Waals surface area contributed by atoms with Crippen LogP contribution in [0.5, 0.6) is 0 Å². The second kappa shape index (κ2) is 8.69. The molecule has 1 saturated heterocycles. The molecule has 2 aromatic rings. The standard InChI is InChI=1S/C19H24ClN3O4S2/c1-5-16-13(4)28-19(21-16)22-18(24)14-6-7-15(20)17(8-14)29(25,26)23-9-11(2)27-12(3)10-23/h6-8,11-12H,5,9-10H2,1-4H3,(H,21,22,24). The van der Waals surface area contributed by atoms with Crippen molar-refractivity contribution in [2.24, 2.45) is 0 Å². The van der Waals surface area contributed by atoms with Gasteiger partial charge in [0.25, 0.3) is 5.91 Å². The average molecular weight is 458 g/mol. The first-order chi connectivity index (χ1) is 13.6. The Bertz CT molecular complexity index is 1010. The number of carbonyl (C=O) groups is 1. The normalized spacial score (nSPS) is 20.6. The molecule has 2 heterocycles. The highest BCUT2D eigenvalue weighted by Gasteiger charge is 2.34. The van der Waals surface area contributed by atoms with Gasteiger partial charge in [0.2, 0.25) is 10.0 Å². The Kier molecular flexibility index (Phi) is 6.64. The maximum atomic E-state index is 13.2. The second-order valence-electron chi connectivity index (χ2n) is 7.05. The van der Waals surface area contributed by atoms with E-state index in [1.165, 1.54) is 33.8 Å². The Balaban J connectivity index is 1.88. The Morgan fingerprint density at radius 2 is 2.00 bits per heavy atom. The van der Waals surface area contributed by atoms with Gasteiger partial charge >= 0.3 is 0 Å². The lowest BCUT2D eigenvalue weighted by Crippen LogP contribution is -2.48. The molecule has 1 amide bonds. The van der Waals surface area contributed by atoms with Crippen molar-refractivity contribution in [2.75, 3.05) is 18.4 Å². The van der Waals surface area contributed by atoms with Crippen LogP contribution in [0.2, 0.25) is 5.02 Å². The number of amides is 1. The number of benzene rings is 1. The summed E-state index contributed by atoms with van der Waals surface area (Å²) in [4.78, 5) is 18.0. The summed E-state index contributed by atoms with van der Waals surface area (Å²) in [5.74, 6) is -0.432. The van der Waals surface area contributed by atoms with E-state index in [4.69, 9.17) is 16.3 Å². The zero-order chi connectivity index (χ0) is 21.3. The summed E-state index contributed by atoms with van der Waals surface area (Å²) in [5.41, 5.74) is 1.13. The fourth-order valence-corrected chi connectivity index (χ4v) is 6.28. The number of nitrogens with zero attached hydrogens (tertiary/aromatic N) is 2. The van der Waals surface area contributed by atoms with Crippen molar-refractivity contribution in [3.05, 3.63) is 39.4 Å². The van der Waals surface area contributed by atoms with Crippen molar-refractivity contribution in [1.29, 1.82) is 0 Å². The number of halogens is 1. The van der Waals surface area contributed by atoms with E-state index >= 15 is 0 Å². The van der Waals surface area contributed by atoms with E-state index in [9.17, 15) is 13.2 Å². The number of sulfonamides is 1. The lowest BCUT2D eigenvalue weighted by molar-refractivity contribution is -0.0440. The summed E-state index contributed by atoms with van der Waals surface area (Å²) in [7, 11) is -3.87. The Labute approximate surface area is 180 Å². The molecule has 158 valence electrons. The third-order valence-electron chi connectivity index (χ3n) is 4.65. The molecule has 10 heteroatoms. The number of aromatic nitrogens is 1. The number of nitrogens with one attached hydrogen (secondary N) is 1. The molecule has 7 nitrogen and oxygen atoms in total. The third kappa shape index (κ3) is 4.80. The van der Waals surface area contributed by atoms with Crippen LogP contribution in [0.25, 0.3) is 0 Å². The van der Waals surface area contributed by atoms with Crippen LogP contribution in [0.3, 0.4) is 0 Å². The average Bonchev–Trinajstić information content (AvgIpc) is 3.00. The highest BCUT2D eigenvalue weighted by Crippen LogP contribution is 2.29. The minimum Gasteiger partial charge on any atom is -0.373 e. The molecule has 1 aromatic carbocycles. The van der Waals surface area contributed by atoms with Gasteiger partial charge in [-0.3, -0.25) is 10.1 Å². The first-order valence-corrected chi connectivity index (χ1v) is 12.0. The van der Waals surface area contributed by atoms with E-state index in [0.717, 1.165) is 17.0 Å². The van der Waals surface area contributed by atoms with Gasteiger partial charge < -0.3 is 4.74 Å². The largest absolute Gasteiger partial charge is 0.373 e. The summed E-state index contributed by atoms with van der Waals surface area (Å²) in [6.07, 6.45) is 0.331. The van der Waals surface area contributed by atoms with Crippen molar-refractivity contribution in [2.45, 2.75) is 51.2 Å². The van der Waals surface area contributed by atoms with E-state index in [0.29, 0.717) is 5.13 Å². The van der Waals surface area contributed by atoms with Crippen LogP contribution in [-0.2, 0) is 21.2 Å². The van der Waals surface area contributed by atoms with Gasteiger partial charge in [-0.1, -0.05) is 18.5 Å². The molecule has 0 spiro atoms. The molecule has 29 heavy (non-hydrogen) atoms. The molecule has 0 saturated carbocycles. The Morgan fingerprint density at radius 3 is 2.59 bits per heavy atom. The summed E-state index contributed by atoms with van der Waals surface area (Å²) < 4.78 is 33.3. The molecule has 3 rings (SSSR count). The van der Waals surface area contributed by atoms with Gasteiger partial charge in [-0.2, -0.15) is 4.31 Å². The molecule has 1 aromatic heterocycles. The summed E-state index contributed by atoms with van der Waals surface area (Å²) in [6, 6.07) is 4.25. The molecule has 1 aliphatic rings. The molecule has 0 radical (unpaired) electrons. The topological polar surface area (TPSA) is 88.6 Å². The van der Waals surface area contributed by atoms with Gasteiger partial charge in [0.1, 0.15) is 4.90 Å². The highest BCUT2D eigenvalue weighted by molar-refractivity contribution is 7.89. The van der Waals surface area contributed by atoms with E-state index in [1.807, 2.05) is 27.7 Å². The lowest BCUT2D eigenvalue weighted by atomic mass is 10.2. The van der Waals surface area contributed by atoms with E-state index in [2.05, 4.69) is 10.3 Å². The molecule has 0 aliphatic carbocycles. The number of carbonyl (C=O) groups excluding carboxylic acids is 1. The number of ether oxygens (including phenoxy) is 1. The van der Waals surface area contributed by atoms with Gasteiger partial charge in [0.05, 0.1) is 22.9 Å². The van der Waals surface area contributed by atoms with Crippen molar-refractivity contribution in [3.8, 4) is 0 Å². The lowest BCUT2D eigenvalue weighted by Gasteiger charge is -2.34. The van der Waals surface area contributed by atoms with E-state index < -0.39 is 15.9 Å². The number of aryl methyl sites for hydroxylation is 2. The minimum atomic E-state index is -3.87. The first-order valence-electron chi connectivity index (χ1n) is 9.34. The Hall–Kier alpha value is -1.52. The number of thiazole rings is 1. The molecule has 1 N–H and O–H groups in total. The molecule has 0 bridgehead atoms.